The highest BCUT2D eigenvalue weighted by Gasteiger charge is 2.62. The van der Waals surface area contributed by atoms with Crippen LogP contribution in [0.4, 0.5) is 0 Å². The molecule has 2 atom stereocenters. The Hall–Kier alpha value is -7.61. The number of phenolic OH excluding ortho intramolecular Hbond substituents is 12. The van der Waals surface area contributed by atoms with Crippen LogP contribution in [0.5, 0.6) is 69.0 Å². The molecule has 0 bridgehead atoms. The fraction of sp³-hybridized carbons (Fsp3) is 0.147. The van der Waals surface area contributed by atoms with Crippen LogP contribution in [0.1, 0.15) is 54.3 Å². The van der Waals surface area contributed by atoms with Crippen LogP contribution < -0.4 is 11.5 Å². The first-order valence-corrected chi connectivity index (χ1v) is 15.2. The molecular formula is C34H31N3O17. The van der Waals surface area contributed by atoms with Gasteiger partial charge in [-0.1, -0.05) is 0 Å². The Kier molecular flexibility index (Phi) is 10.6. The van der Waals surface area contributed by atoms with E-state index in [0.717, 1.165) is 0 Å². The molecule has 0 saturated carbocycles. The summed E-state index contributed by atoms with van der Waals surface area (Å²) in [5, 5.41) is 122. The molecule has 0 aromatic heterocycles. The van der Waals surface area contributed by atoms with Crippen LogP contribution in [0.25, 0.3) is 0 Å². The molecule has 4 rings (SSSR count). The van der Waals surface area contributed by atoms with E-state index in [1.54, 1.807) is 0 Å². The number of imide groups is 1. The quantitative estimate of drug-likeness (QED) is 0.0411. The number of carbonyl (C=O) groups excluding carboxylic acids is 5. The average molecular weight is 754 g/mol. The molecule has 0 fully saturated rings. The summed E-state index contributed by atoms with van der Waals surface area (Å²) in [4.78, 5) is 72.7. The van der Waals surface area contributed by atoms with E-state index >= 15 is 0 Å². The standard InChI is InChI=1S/C34H31N3O17/c35-3-1-2-16(25(46)12-4-17(38)26(47)18(39)5-12)34(33(36)54,30(51)13-6-19(40)27(48)20(41)7-13)37(31(52)14-8-21(42)28(49)22(43)9-14)32(53)15-10-23(44)29(50)24(45)11-15/h4-11,16,38-45,47-50H,1-3,35H2,(H2,36,54)/t16?,34-/m0/s1. The van der Waals surface area contributed by atoms with E-state index in [9.17, 15) is 85.3 Å². The number of amides is 3. The average Bonchev–Trinajstić information content (AvgIpc) is 3.11. The van der Waals surface area contributed by atoms with Crippen LogP contribution in [0, 0.1) is 5.92 Å². The fourth-order valence-electron chi connectivity index (χ4n) is 5.69. The van der Waals surface area contributed by atoms with Crippen LogP contribution in [0.3, 0.4) is 0 Å². The molecule has 0 saturated heterocycles. The molecule has 4 aromatic rings. The van der Waals surface area contributed by atoms with Gasteiger partial charge in [-0.2, -0.15) is 0 Å². The summed E-state index contributed by atoms with van der Waals surface area (Å²) in [6, 6.07) is 3.72. The molecule has 0 spiro atoms. The number of aromatic hydroxyl groups is 12. The van der Waals surface area contributed by atoms with Gasteiger partial charge in [0.25, 0.3) is 17.7 Å². The van der Waals surface area contributed by atoms with E-state index in [1.807, 2.05) is 0 Å². The first-order chi connectivity index (χ1) is 25.2. The number of hydrogen-bond donors (Lipinski definition) is 14. The van der Waals surface area contributed by atoms with E-state index in [1.165, 1.54) is 0 Å². The summed E-state index contributed by atoms with van der Waals surface area (Å²) in [6.45, 7) is -0.332. The summed E-state index contributed by atoms with van der Waals surface area (Å²) in [5.74, 6) is -25.8. The van der Waals surface area contributed by atoms with Crippen molar-refractivity contribution in [1.29, 1.82) is 0 Å². The van der Waals surface area contributed by atoms with Gasteiger partial charge in [0.2, 0.25) is 5.54 Å². The lowest BCUT2D eigenvalue weighted by Crippen LogP contribution is -2.71. The fourth-order valence-corrected chi connectivity index (χ4v) is 5.69. The largest absolute Gasteiger partial charge is 0.504 e. The van der Waals surface area contributed by atoms with Gasteiger partial charge < -0.3 is 72.7 Å². The molecule has 4 aromatic carbocycles. The van der Waals surface area contributed by atoms with E-state index in [4.69, 9.17) is 11.5 Å². The Bertz CT molecular complexity index is 2080. The predicted molar refractivity (Wildman–Crippen MR) is 179 cm³/mol. The molecule has 3 amide bonds. The molecule has 20 heteroatoms. The van der Waals surface area contributed by atoms with E-state index in [0.29, 0.717) is 48.5 Å². The lowest BCUT2D eigenvalue weighted by Gasteiger charge is -2.43. The number of hydrogen-bond acceptors (Lipinski definition) is 18. The molecule has 284 valence electrons. The summed E-state index contributed by atoms with van der Waals surface area (Å²) in [6.07, 6.45) is -1.14. The maximum absolute atomic E-state index is 15.0. The molecule has 16 N–H and O–H groups in total. The van der Waals surface area contributed by atoms with Gasteiger partial charge in [-0.3, -0.25) is 28.9 Å². The smallest absolute Gasteiger partial charge is 0.262 e. The lowest BCUT2D eigenvalue weighted by atomic mass is 9.69. The number of phenols is 12. The maximum atomic E-state index is 15.0. The van der Waals surface area contributed by atoms with E-state index in [-0.39, 0.29) is 17.9 Å². The zero-order chi connectivity index (χ0) is 40.6. The number of nitrogens with two attached hydrogens (primary N) is 2. The van der Waals surface area contributed by atoms with Gasteiger partial charge in [0, 0.05) is 22.3 Å². The Morgan fingerprint density at radius 2 is 0.815 bits per heavy atom. The third-order valence-corrected chi connectivity index (χ3v) is 8.32. The molecule has 0 radical (unpaired) electrons. The Morgan fingerprint density at radius 1 is 0.519 bits per heavy atom. The van der Waals surface area contributed by atoms with Crippen molar-refractivity contribution in [1.82, 2.24) is 4.90 Å². The van der Waals surface area contributed by atoms with Crippen molar-refractivity contribution in [2.45, 2.75) is 18.4 Å². The van der Waals surface area contributed by atoms with Gasteiger partial charge >= 0.3 is 0 Å². The number of primary amides is 1. The molecular weight excluding hydrogens is 722 g/mol. The monoisotopic (exact) mass is 753 g/mol. The third-order valence-electron chi connectivity index (χ3n) is 8.32. The number of Topliss-reactive ketones (excluding diaryl/α,β-unsaturated/α-hetero) is 2. The SMILES string of the molecule is NCCCC(C(=O)c1cc(O)c(O)c(O)c1)[C@@](C(N)=O)(C(=O)c1cc(O)c(O)c(O)c1)N(C(=O)c1cc(O)c(O)c(O)c1)C(=O)c1cc(O)c(O)c(O)c1. The number of carbonyl (C=O) groups is 5. The minimum absolute atomic E-state index is 0.297. The van der Waals surface area contributed by atoms with Crippen LogP contribution >= 0.6 is 0 Å². The van der Waals surface area contributed by atoms with Gasteiger partial charge in [0.05, 0.1) is 5.92 Å². The molecule has 0 aliphatic rings. The van der Waals surface area contributed by atoms with Crippen molar-refractivity contribution in [2.24, 2.45) is 17.4 Å². The summed E-state index contributed by atoms with van der Waals surface area (Å²) in [5.41, 5.74) is 3.96. The van der Waals surface area contributed by atoms with Crippen LogP contribution in [-0.2, 0) is 4.79 Å². The summed E-state index contributed by atoms with van der Waals surface area (Å²) in [7, 11) is 0. The van der Waals surface area contributed by atoms with Gasteiger partial charge in [0.1, 0.15) is 0 Å². The predicted octanol–water partition coefficient (Wildman–Crippen LogP) is 0.781. The van der Waals surface area contributed by atoms with Crippen LogP contribution in [0.2, 0.25) is 0 Å². The Balaban J connectivity index is 2.26. The second kappa shape index (κ2) is 14.6. The molecule has 0 heterocycles. The number of rotatable bonds is 12. The van der Waals surface area contributed by atoms with Crippen molar-refractivity contribution < 1.29 is 85.3 Å². The van der Waals surface area contributed by atoms with Crippen molar-refractivity contribution in [3.63, 3.8) is 0 Å². The molecule has 20 nitrogen and oxygen atoms in total. The minimum atomic E-state index is -3.80. The van der Waals surface area contributed by atoms with Crippen molar-refractivity contribution in [2.75, 3.05) is 6.54 Å². The number of ketones is 2. The molecule has 54 heavy (non-hydrogen) atoms. The number of nitrogens with zero attached hydrogens (tertiary/aromatic N) is 1. The Morgan fingerprint density at radius 3 is 1.11 bits per heavy atom. The third kappa shape index (κ3) is 6.62. The minimum Gasteiger partial charge on any atom is -0.504 e. The first kappa shape index (κ1) is 39.2. The van der Waals surface area contributed by atoms with E-state index in [2.05, 4.69) is 0 Å². The van der Waals surface area contributed by atoms with Gasteiger partial charge in [-0.15, -0.1) is 0 Å². The van der Waals surface area contributed by atoms with E-state index < -0.39 is 138 Å². The Labute approximate surface area is 301 Å². The highest BCUT2D eigenvalue weighted by atomic mass is 16.3. The van der Waals surface area contributed by atoms with Gasteiger partial charge in [-0.05, 0) is 67.9 Å². The highest BCUT2D eigenvalue weighted by molar-refractivity contribution is 6.28. The first-order valence-electron chi connectivity index (χ1n) is 15.2. The number of benzene rings is 4. The van der Waals surface area contributed by atoms with Crippen molar-refractivity contribution in [3.8, 4) is 69.0 Å². The molecule has 1 unspecified atom stereocenters. The van der Waals surface area contributed by atoms with Crippen LogP contribution in [-0.4, -0.2) is 108 Å². The van der Waals surface area contributed by atoms with Crippen molar-refractivity contribution >= 4 is 29.3 Å². The van der Waals surface area contributed by atoms with Gasteiger partial charge in [0.15, 0.2) is 80.6 Å². The lowest BCUT2D eigenvalue weighted by molar-refractivity contribution is -0.127. The zero-order valence-corrected chi connectivity index (χ0v) is 27.3. The topological polar surface area (TPSA) is 383 Å². The maximum Gasteiger partial charge on any atom is 0.262 e. The second-order valence-electron chi connectivity index (χ2n) is 11.7. The summed E-state index contributed by atoms with van der Waals surface area (Å²) >= 11 is 0. The molecule has 0 aliphatic heterocycles. The van der Waals surface area contributed by atoms with Crippen LogP contribution in [0.15, 0.2) is 48.5 Å². The van der Waals surface area contributed by atoms with Crippen molar-refractivity contribution in [3.05, 3.63) is 70.8 Å². The van der Waals surface area contributed by atoms with Gasteiger partial charge in [-0.25, -0.2) is 0 Å². The molecule has 0 aliphatic carbocycles. The zero-order valence-electron chi connectivity index (χ0n) is 27.3. The highest BCUT2D eigenvalue weighted by Crippen LogP contribution is 2.45. The summed E-state index contributed by atoms with van der Waals surface area (Å²) < 4.78 is 0. The second-order valence-corrected chi connectivity index (χ2v) is 11.7. The normalized spacial score (nSPS) is 12.7.